The normalized spacial score (nSPS) is 15.5. The van der Waals surface area contributed by atoms with Crippen molar-refractivity contribution >= 4 is 22.5 Å². The van der Waals surface area contributed by atoms with Gasteiger partial charge in [0.2, 0.25) is 0 Å². The van der Waals surface area contributed by atoms with Crippen molar-refractivity contribution in [2.24, 2.45) is 0 Å². The van der Waals surface area contributed by atoms with E-state index < -0.39 is 0 Å². The van der Waals surface area contributed by atoms with Crippen LogP contribution in [0.15, 0.2) is 41.1 Å². The third-order valence-electron chi connectivity index (χ3n) is 4.64. The average Bonchev–Trinajstić information content (AvgIpc) is 3.39. The molecule has 1 aliphatic rings. The van der Waals surface area contributed by atoms with Gasteiger partial charge in [0.15, 0.2) is 11.5 Å². The fourth-order valence-corrected chi connectivity index (χ4v) is 4.38. The summed E-state index contributed by atoms with van der Waals surface area (Å²) >= 11 is 1.82. The smallest absolute Gasteiger partial charge is 0.177 e. The maximum Gasteiger partial charge on any atom is 0.177 e. The number of H-pyrrole nitrogens is 1. The average molecular weight is 353 g/mol. The van der Waals surface area contributed by atoms with Gasteiger partial charge in [0.25, 0.3) is 0 Å². The Bertz CT molecular complexity index is 975. The number of nitrogens with zero attached hydrogens (tertiary/aromatic N) is 4. The number of imidazole rings is 1. The highest BCUT2D eigenvalue weighted by atomic mass is 32.1. The molecule has 4 aromatic heterocycles. The quantitative estimate of drug-likeness (QED) is 0.594. The largest absolute Gasteiger partial charge is 0.467 e. The van der Waals surface area contributed by atoms with Crippen molar-refractivity contribution in [1.29, 1.82) is 0 Å². The molecule has 1 N–H and O–H groups in total. The van der Waals surface area contributed by atoms with Gasteiger partial charge in [0.1, 0.15) is 17.8 Å². The summed E-state index contributed by atoms with van der Waals surface area (Å²) in [6.45, 7) is 4.09. The molecule has 0 saturated carbocycles. The van der Waals surface area contributed by atoms with Gasteiger partial charge in [-0.15, -0.1) is 11.3 Å². The van der Waals surface area contributed by atoms with Gasteiger partial charge in [-0.05, 0) is 50.2 Å². The number of rotatable bonds is 5. The van der Waals surface area contributed by atoms with Gasteiger partial charge < -0.3 is 9.40 Å². The Morgan fingerprint density at radius 2 is 2.08 bits per heavy atom. The molecule has 25 heavy (non-hydrogen) atoms. The van der Waals surface area contributed by atoms with Crippen molar-refractivity contribution in [2.45, 2.75) is 25.9 Å². The summed E-state index contributed by atoms with van der Waals surface area (Å²) in [6, 6.07) is 8.23. The predicted molar refractivity (Wildman–Crippen MR) is 97.5 cm³/mol. The van der Waals surface area contributed by atoms with E-state index in [1.54, 1.807) is 6.26 Å². The van der Waals surface area contributed by atoms with Gasteiger partial charge in [-0.25, -0.2) is 9.67 Å². The summed E-state index contributed by atoms with van der Waals surface area (Å²) in [4.78, 5) is 13.3. The van der Waals surface area contributed by atoms with Crippen molar-refractivity contribution in [3.05, 3.63) is 47.4 Å². The maximum atomic E-state index is 5.41. The van der Waals surface area contributed by atoms with Crippen LogP contribution in [-0.2, 0) is 13.1 Å². The highest BCUT2D eigenvalue weighted by molar-refractivity contribution is 7.15. The van der Waals surface area contributed by atoms with Crippen LogP contribution in [0.1, 0.15) is 23.5 Å². The number of fused-ring (bicyclic) bond motifs is 1. The van der Waals surface area contributed by atoms with Crippen LogP contribution in [0, 0.1) is 0 Å². The number of nitrogens with one attached hydrogen (secondary N) is 1. The highest BCUT2D eigenvalue weighted by Crippen LogP contribution is 2.29. The van der Waals surface area contributed by atoms with E-state index in [0.29, 0.717) is 6.54 Å². The number of likely N-dealkylation sites (tertiary alicyclic amines) is 1. The Labute approximate surface area is 149 Å². The van der Waals surface area contributed by atoms with E-state index in [9.17, 15) is 0 Å². The van der Waals surface area contributed by atoms with Gasteiger partial charge in [0.05, 0.1) is 17.3 Å². The Hall–Kier alpha value is -2.38. The minimum atomic E-state index is 0.589. The van der Waals surface area contributed by atoms with Gasteiger partial charge in [-0.3, -0.25) is 4.90 Å². The topological polar surface area (TPSA) is 62.9 Å². The summed E-state index contributed by atoms with van der Waals surface area (Å²) in [7, 11) is 0. The molecule has 0 aliphatic carbocycles. The maximum absolute atomic E-state index is 5.41. The SMILES string of the molecule is c1coc(Cn2ncc3[nH]c(-c4ccc(CN5CCCC5)s4)nc32)c1. The van der Waals surface area contributed by atoms with Crippen molar-refractivity contribution in [3.8, 4) is 10.7 Å². The molecule has 1 fully saturated rings. The lowest BCUT2D eigenvalue weighted by molar-refractivity contribution is 0.334. The summed E-state index contributed by atoms with van der Waals surface area (Å²) < 4.78 is 7.28. The number of hydrogen-bond acceptors (Lipinski definition) is 5. The molecule has 128 valence electrons. The van der Waals surface area contributed by atoms with E-state index in [2.05, 4.69) is 27.1 Å². The molecule has 0 bridgehead atoms. The van der Waals surface area contributed by atoms with Crippen molar-refractivity contribution in [1.82, 2.24) is 24.6 Å². The van der Waals surface area contributed by atoms with E-state index >= 15 is 0 Å². The lowest BCUT2D eigenvalue weighted by Gasteiger charge is -2.12. The Morgan fingerprint density at radius 3 is 2.92 bits per heavy atom. The van der Waals surface area contributed by atoms with E-state index in [-0.39, 0.29) is 0 Å². The minimum Gasteiger partial charge on any atom is -0.467 e. The van der Waals surface area contributed by atoms with Crippen molar-refractivity contribution in [2.75, 3.05) is 13.1 Å². The lowest BCUT2D eigenvalue weighted by Crippen LogP contribution is -2.17. The molecule has 0 spiro atoms. The lowest BCUT2D eigenvalue weighted by atomic mass is 10.4. The van der Waals surface area contributed by atoms with Crippen molar-refractivity contribution < 1.29 is 4.42 Å². The highest BCUT2D eigenvalue weighted by Gasteiger charge is 2.16. The van der Waals surface area contributed by atoms with Crippen LogP contribution < -0.4 is 0 Å². The number of furan rings is 1. The van der Waals surface area contributed by atoms with Crippen LogP contribution in [-0.4, -0.2) is 37.7 Å². The van der Waals surface area contributed by atoms with E-state index in [4.69, 9.17) is 9.40 Å². The molecule has 0 radical (unpaired) electrons. The molecule has 1 aliphatic heterocycles. The first-order chi connectivity index (χ1) is 12.3. The van der Waals surface area contributed by atoms with Crippen molar-refractivity contribution in [3.63, 3.8) is 0 Å². The molecule has 1 saturated heterocycles. The number of hydrogen-bond donors (Lipinski definition) is 1. The molecule has 0 aromatic carbocycles. The summed E-state index contributed by atoms with van der Waals surface area (Å²) in [6.07, 6.45) is 6.16. The van der Waals surface area contributed by atoms with E-state index in [1.807, 2.05) is 34.3 Å². The summed E-state index contributed by atoms with van der Waals surface area (Å²) in [5.41, 5.74) is 1.82. The second-order valence-corrected chi connectivity index (χ2v) is 7.62. The van der Waals surface area contributed by atoms with Gasteiger partial charge in [-0.2, -0.15) is 5.10 Å². The zero-order valence-electron chi connectivity index (χ0n) is 13.8. The fraction of sp³-hybridized carbons (Fsp3) is 0.333. The Morgan fingerprint density at radius 1 is 1.16 bits per heavy atom. The second kappa shape index (κ2) is 6.16. The summed E-state index contributed by atoms with van der Waals surface area (Å²) in [5, 5.41) is 4.40. The third-order valence-corrected chi connectivity index (χ3v) is 5.72. The number of aromatic nitrogens is 4. The molecular weight excluding hydrogens is 334 g/mol. The van der Waals surface area contributed by atoms with Gasteiger partial charge in [-0.1, -0.05) is 0 Å². The number of aromatic amines is 1. The zero-order valence-corrected chi connectivity index (χ0v) is 14.6. The van der Waals surface area contributed by atoms with Gasteiger partial charge >= 0.3 is 0 Å². The first-order valence-electron chi connectivity index (χ1n) is 8.60. The number of thiophene rings is 1. The van der Waals surface area contributed by atoms with Crippen LogP contribution in [0.2, 0.25) is 0 Å². The van der Waals surface area contributed by atoms with E-state index in [1.165, 1.54) is 35.7 Å². The molecule has 4 aromatic rings. The molecule has 0 atom stereocenters. The van der Waals surface area contributed by atoms with Crippen LogP contribution in [0.25, 0.3) is 21.9 Å². The Balaban J connectivity index is 1.39. The second-order valence-electron chi connectivity index (χ2n) is 6.45. The molecule has 0 unspecified atom stereocenters. The van der Waals surface area contributed by atoms with E-state index in [0.717, 1.165) is 29.3 Å². The van der Waals surface area contributed by atoms with Crippen LogP contribution in [0.4, 0.5) is 0 Å². The molecule has 0 amide bonds. The minimum absolute atomic E-state index is 0.589. The monoisotopic (exact) mass is 353 g/mol. The first kappa shape index (κ1) is 14.9. The molecule has 5 rings (SSSR count). The van der Waals surface area contributed by atoms with Crippen LogP contribution >= 0.6 is 11.3 Å². The van der Waals surface area contributed by atoms with Crippen LogP contribution in [0.5, 0.6) is 0 Å². The first-order valence-corrected chi connectivity index (χ1v) is 9.42. The molecular formula is C18H19N5OS. The molecule has 6 nitrogen and oxygen atoms in total. The third kappa shape index (κ3) is 2.89. The fourth-order valence-electron chi connectivity index (χ4n) is 3.38. The predicted octanol–water partition coefficient (Wildman–Crippen LogP) is 3.73. The standard InChI is InChI=1S/C18H19N5OS/c1-2-8-22(7-1)12-14-5-6-16(25-14)17-20-15-10-19-23(18(15)21-17)11-13-4-3-9-24-13/h3-6,9-10H,1-2,7-8,11-12H2,(H,20,21). The summed E-state index contributed by atoms with van der Waals surface area (Å²) in [5.74, 6) is 1.79. The van der Waals surface area contributed by atoms with Gasteiger partial charge in [0, 0.05) is 11.4 Å². The Kier molecular flexibility index (Phi) is 3.68. The molecule has 7 heteroatoms. The molecule has 5 heterocycles. The zero-order chi connectivity index (χ0) is 16.6. The van der Waals surface area contributed by atoms with Crippen LogP contribution in [0.3, 0.4) is 0 Å².